The number of hydrogen-bond donors (Lipinski definition) is 1. The van der Waals surface area contributed by atoms with Crippen LogP contribution in [0.3, 0.4) is 0 Å². The Kier molecular flexibility index (Phi) is 5.81. The van der Waals surface area contributed by atoms with E-state index in [4.69, 9.17) is 4.74 Å². The highest BCUT2D eigenvalue weighted by molar-refractivity contribution is 5.90. The molecule has 2 rings (SSSR count). The molecular formula is C16H21FN4O2. The number of benzene rings is 1. The molecule has 0 aliphatic heterocycles. The van der Waals surface area contributed by atoms with Gasteiger partial charge in [0.2, 0.25) is 5.82 Å². The molecule has 124 valence electrons. The molecule has 0 aliphatic rings. The van der Waals surface area contributed by atoms with Crippen molar-refractivity contribution in [2.24, 2.45) is 0 Å². The monoisotopic (exact) mass is 320 g/mol. The van der Waals surface area contributed by atoms with E-state index in [0.717, 1.165) is 6.42 Å². The fourth-order valence-corrected chi connectivity index (χ4v) is 1.99. The van der Waals surface area contributed by atoms with E-state index in [1.54, 1.807) is 19.1 Å². The standard InChI is InChI=1S/C16H21FN4O2/c1-11(2)23-10-4-9-18-16(22)15-19-12(3)21(20-15)14-7-5-13(17)6-8-14/h5-8,11H,4,9-10H2,1-3H3,(H,18,22). The van der Waals surface area contributed by atoms with Gasteiger partial charge in [0.1, 0.15) is 11.6 Å². The van der Waals surface area contributed by atoms with Gasteiger partial charge >= 0.3 is 0 Å². The summed E-state index contributed by atoms with van der Waals surface area (Å²) in [6, 6.07) is 5.85. The van der Waals surface area contributed by atoms with Gasteiger partial charge in [-0.3, -0.25) is 4.79 Å². The quantitative estimate of drug-likeness (QED) is 0.795. The van der Waals surface area contributed by atoms with Crippen molar-refractivity contribution in [1.82, 2.24) is 20.1 Å². The summed E-state index contributed by atoms with van der Waals surface area (Å²) in [6.45, 7) is 6.76. The molecule has 7 heteroatoms. The topological polar surface area (TPSA) is 69.0 Å². The molecule has 1 amide bonds. The Morgan fingerprint density at radius 1 is 1.35 bits per heavy atom. The molecule has 0 radical (unpaired) electrons. The first-order chi connectivity index (χ1) is 11.0. The number of aryl methyl sites for hydroxylation is 1. The van der Waals surface area contributed by atoms with Crippen LogP contribution in [0.2, 0.25) is 0 Å². The number of nitrogens with zero attached hydrogens (tertiary/aromatic N) is 3. The van der Waals surface area contributed by atoms with Gasteiger partial charge < -0.3 is 10.1 Å². The Morgan fingerprint density at radius 3 is 2.70 bits per heavy atom. The Hall–Kier alpha value is -2.28. The van der Waals surface area contributed by atoms with E-state index in [0.29, 0.717) is 24.7 Å². The van der Waals surface area contributed by atoms with E-state index in [-0.39, 0.29) is 23.7 Å². The minimum absolute atomic E-state index is 0.0941. The third kappa shape index (κ3) is 4.85. The van der Waals surface area contributed by atoms with E-state index in [9.17, 15) is 9.18 Å². The predicted molar refractivity (Wildman–Crippen MR) is 84.1 cm³/mol. The molecule has 0 bridgehead atoms. The second-order valence-electron chi connectivity index (χ2n) is 5.40. The molecule has 1 heterocycles. The lowest BCUT2D eigenvalue weighted by Crippen LogP contribution is -2.26. The van der Waals surface area contributed by atoms with E-state index in [1.807, 2.05) is 13.8 Å². The van der Waals surface area contributed by atoms with Crippen molar-refractivity contribution in [2.75, 3.05) is 13.2 Å². The van der Waals surface area contributed by atoms with Crippen LogP contribution in [0.5, 0.6) is 0 Å². The molecule has 0 unspecified atom stereocenters. The highest BCUT2D eigenvalue weighted by Crippen LogP contribution is 2.10. The molecule has 2 aromatic rings. The van der Waals surface area contributed by atoms with Crippen LogP contribution in [0.4, 0.5) is 4.39 Å². The molecule has 1 aromatic heterocycles. The van der Waals surface area contributed by atoms with Crippen LogP contribution in [-0.4, -0.2) is 39.9 Å². The van der Waals surface area contributed by atoms with Crippen LogP contribution in [0.1, 0.15) is 36.7 Å². The Balaban J connectivity index is 1.94. The molecule has 0 saturated heterocycles. The molecule has 6 nitrogen and oxygen atoms in total. The molecule has 0 atom stereocenters. The van der Waals surface area contributed by atoms with Gasteiger partial charge in [-0.15, -0.1) is 5.10 Å². The number of carbonyl (C=O) groups excluding carboxylic acids is 1. The van der Waals surface area contributed by atoms with Crippen molar-refractivity contribution in [3.8, 4) is 5.69 Å². The minimum atomic E-state index is -0.335. The lowest BCUT2D eigenvalue weighted by atomic mass is 10.3. The fraction of sp³-hybridized carbons (Fsp3) is 0.438. The second-order valence-corrected chi connectivity index (χ2v) is 5.40. The number of carbonyl (C=O) groups is 1. The lowest BCUT2D eigenvalue weighted by Gasteiger charge is -2.07. The maximum absolute atomic E-state index is 13.0. The number of ether oxygens (including phenoxy) is 1. The van der Waals surface area contributed by atoms with Crippen LogP contribution in [0.25, 0.3) is 5.69 Å². The summed E-state index contributed by atoms with van der Waals surface area (Å²) in [5.41, 5.74) is 0.654. The van der Waals surface area contributed by atoms with E-state index in [2.05, 4.69) is 15.4 Å². The number of aromatic nitrogens is 3. The number of amides is 1. The van der Waals surface area contributed by atoms with Gasteiger partial charge in [-0.1, -0.05) is 0 Å². The molecular weight excluding hydrogens is 299 g/mol. The minimum Gasteiger partial charge on any atom is -0.379 e. The average molecular weight is 320 g/mol. The van der Waals surface area contributed by atoms with Crippen LogP contribution in [-0.2, 0) is 4.74 Å². The zero-order chi connectivity index (χ0) is 16.8. The van der Waals surface area contributed by atoms with Gasteiger partial charge in [0.25, 0.3) is 5.91 Å². The van der Waals surface area contributed by atoms with Crippen molar-refractivity contribution in [2.45, 2.75) is 33.3 Å². The third-order valence-electron chi connectivity index (χ3n) is 3.10. The van der Waals surface area contributed by atoms with Gasteiger partial charge in [0, 0.05) is 13.2 Å². The average Bonchev–Trinajstić information content (AvgIpc) is 2.89. The number of hydrogen-bond acceptors (Lipinski definition) is 4. The zero-order valence-corrected chi connectivity index (χ0v) is 13.5. The van der Waals surface area contributed by atoms with E-state index in [1.165, 1.54) is 16.8 Å². The second kappa shape index (κ2) is 7.82. The van der Waals surface area contributed by atoms with Crippen molar-refractivity contribution in [1.29, 1.82) is 0 Å². The number of rotatable bonds is 7. The van der Waals surface area contributed by atoms with Crippen LogP contribution >= 0.6 is 0 Å². The van der Waals surface area contributed by atoms with Gasteiger partial charge in [-0.2, -0.15) is 0 Å². The first-order valence-electron chi connectivity index (χ1n) is 7.57. The summed E-state index contributed by atoms with van der Waals surface area (Å²) in [6.07, 6.45) is 0.906. The van der Waals surface area contributed by atoms with E-state index >= 15 is 0 Å². The maximum Gasteiger partial charge on any atom is 0.290 e. The zero-order valence-electron chi connectivity index (χ0n) is 13.5. The highest BCUT2D eigenvalue weighted by Gasteiger charge is 2.14. The summed E-state index contributed by atoms with van der Waals surface area (Å²) in [4.78, 5) is 16.2. The Morgan fingerprint density at radius 2 is 2.04 bits per heavy atom. The Bertz CT molecular complexity index is 653. The van der Waals surface area contributed by atoms with Crippen molar-refractivity contribution < 1.29 is 13.9 Å². The van der Waals surface area contributed by atoms with Gasteiger partial charge in [-0.05, 0) is 51.5 Å². The number of nitrogens with one attached hydrogen (secondary N) is 1. The van der Waals surface area contributed by atoms with Gasteiger partial charge in [0.05, 0.1) is 11.8 Å². The van der Waals surface area contributed by atoms with Crippen LogP contribution < -0.4 is 5.32 Å². The maximum atomic E-state index is 13.0. The fourth-order valence-electron chi connectivity index (χ4n) is 1.99. The lowest BCUT2D eigenvalue weighted by molar-refractivity contribution is 0.0756. The first-order valence-corrected chi connectivity index (χ1v) is 7.57. The van der Waals surface area contributed by atoms with Crippen LogP contribution in [0, 0.1) is 12.7 Å². The third-order valence-corrected chi connectivity index (χ3v) is 3.10. The summed E-state index contributed by atoms with van der Waals surface area (Å²) >= 11 is 0. The van der Waals surface area contributed by atoms with Crippen molar-refractivity contribution >= 4 is 5.91 Å². The first kappa shape index (κ1) is 17.1. The highest BCUT2D eigenvalue weighted by atomic mass is 19.1. The molecule has 1 N–H and O–H groups in total. The SMILES string of the molecule is Cc1nc(C(=O)NCCCOC(C)C)nn1-c1ccc(F)cc1. The largest absolute Gasteiger partial charge is 0.379 e. The molecule has 0 spiro atoms. The summed E-state index contributed by atoms with van der Waals surface area (Å²) in [5, 5.41) is 6.93. The van der Waals surface area contributed by atoms with Crippen LogP contribution in [0.15, 0.2) is 24.3 Å². The number of halogens is 1. The smallest absolute Gasteiger partial charge is 0.290 e. The molecule has 0 aliphatic carbocycles. The molecule has 23 heavy (non-hydrogen) atoms. The molecule has 0 saturated carbocycles. The molecule has 0 fully saturated rings. The van der Waals surface area contributed by atoms with Gasteiger partial charge in [0.15, 0.2) is 0 Å². The Labute approximate surface area is 134 Å². The van der Waals surface area contributed by atoms with Gasteiger partial charge in [-0.25, -0.2) is 14.1 Å². The van der Waals surface area contributed by atoms with E-state index < -0.39 is 0 Å². The van der Waals surface area contributed by atoms with Crippen molar-refractivity contribution in [3.63, 3.8) is 0 Å². The normalized spacial score (nSPS) is 11.0. The molecule has 1 aromatic carbocycles. The predicted octanol–water partition coefficient (Wildman–Crippen LogP) is 2.26. The summed E-state index contributed by atoms with van der Waals surface area (Å²) < 4.78 is 19.9. The summed E-state index contributed by atoms with van der Waals surface area (Å²) in [7, 11) is 0. The summed E-state index contributed by atoms with van der Waals surface area (Å²) in [5.74, 6) is -0.00638. The van der Waals surface area contributed by atoms with Crippen molar-refractivity contribution in [3.05, 3.63) is 41.7 Å².